The summed E-state index contributed by atoms with van der Waals surface area (Å²) in [4.78, 5) is 9.17. The van der Waals surface area contributed by atoms with Crippen LogP contribution in [0.3, 0.4) is 0 Å². The molecule has 130 valence electrons. The first-order chi connectivity index (χ1) is 12.6. The van der Waals surface area contributed by atoms with Gasteiger partial charge in [0.05, 0.1) is 0 Å². The van der Waals surface area contributed by atoms with Gasteiger partial charge in [-0.15, -0.1) is 5.10 Å². The first kappa shape index (κ1) is 16.3. The Morgan fingerprint density at radius 1 is 0.962 bits per heavy atom. The van der Waals surface area contributed by atoms with Crippen LogP contribution < -0.4 is 5.32 Å². The molecular weight excluding hydrogens is 322 g/mol. The molecule has 2 heterocycles. The molecule has 0 bridgehead atoms. The summed E-state index contributed by atoms with van der Waals surface area (Å²) < 4.78 is 1.77. The Bertz CT molecular complexity index is 1060. The van der Waals surface area contributed by atoms with Crippen LogP contribution in [0.25, 0.3) is 17.2 Å². The molecule has 5 nitrogen and oxygen atoms in total. The SMILES string of the molecule is CCc1ccc(Nc2cc(C)nc3nc(-c4ccccc4C)nn23)cc1. The van der Waals surface area contributed by atoms with Crippen molar-refractivity contribution in [1.82, 2.24) is 19.6 Å². The zero-order valence-electron chi connectivity index (χ0n) is 15.2. The highest BCUT2D eigenvalue weighted by atomic mass is 15.4. The van der Waals surface area contributed by atoms with Gasteiger partial charge in [0.25, 0.3) is 5.78 Å². The summed E-state index contributed by atoms with van der Waals surface area (Å²) in [5.41, 5.74) is 5.39. The first-order valence-corrected chi connectivity index (χ1v) is 8.80. The molecule has 0 unspecified atom stereocenters. The zero-order valence-corrected chi connectivity index (χ0v) is 15.2. The summed E-state index contributed by atoms with van der Waals surface area (Å²) >= 11 is 0. The van der Waals surface area contributed by atoms with Crippen LogP contribution in [0.4, 0.5) is 11.5 Å². The maximum absolute atomic E-state index is 4.70. The number of hydrogen-bond donors (Lipinski definition) is 1. The average molecular weight is 343 g/mol. The van der Waals surface area contributed by atoms with Crippen LogP contribution in [0.2, 0.25) is 0 Å². The second-order valence-electron chi connectivity index (χ2n) is 6.42. The third-order valence-corrected chi connectivity index (χ3v) is 4.46. The van der Waals surface area contributed by atoms with Gasteiger partial charge in [0.2, 0.25) is 0 Å². The predicted molar refractivity (Wildman–Crippen MR) is 105 cm³/mol. The maximum atomic E-state index is 4.70. The molecule has 0 aliphatic carbocycles. The minimum Gasteiger partial charge on any atom is -0.340 e. The number of nitrogens with zero attached hydrogens (tertiary/aromatic N) is 4. The summed E-state index contributed by atoms with van der Waals surface area (Å²) in [6.07, 6.45) is 1.03. The molecule has 2 aromatic heterocycles. The van der Waals surface area contributed by atoms with Gasteiger partial charge in [-0.2, -0.15) is 9.50 Å². The number of nitrogens with one attached hydrogen (secondary N) is 1. The molecule has 0 fully saturated rings. The van der Waals surface area contributed by atoms with E-state index in [4.69, 9.17) is 5.10 Å². The van der Waals surface area contributed by atoms with Crippen molar-refractivity contribution in [3.63, 3.8) is 0 Å². The molecule has 0 aliphatic heterocycles. The fourth-order valence-corrected chi connectivity index (χ4v) is 2.99. The van der Waals surface area contributed by atoms with Crippen LogP contribution in [-0.2, 0) is 6.42 Å². The molecule has 0 radical (unpaired) electrons. The lowest BCUT2D eigenvalue weighted by Crippen LogP contribution is -2.02. The number of fused-ring (bicyclic) bond motifs is 1. The van der Waals surface area contributed by atoms with E-state index in [1.165, 1.54) is 5.56 Å². The van der Waals surface area contributed by atoms with Crippen molar-refractivity contribution in [3.8, 4) is 11.4 Å². The second kappa shape index (κ2) is 6.59. The molecule has 1 N–H and O–H groups in total. The summed E-state index contributed by atoms with van der Waals surface area (Å²) in [5.74, 6) is 2.13. The van der Waals surface area contributed by atoms with Crippen LogP contribution in [0.15, 0.2) is 54.6 Å². The molecule has 0 spiro atoms. The molecule has 26 heavy (non-hydrogen) atoms. The van der Waals surface area contributed by atoms with Gasteiger partial charge in [0.15, 0.2) is 5.82 Å². The second-order valence-corrected chi connectivity index (χ2v) is 6.42. The Morgan fingerprint density at radius 2 is 1.73 bits per heavy atom. The highest BCUT2D eigenvalue weighted by Gasteiger charge is 2.13. The van der Waals surface area contributed by atoms with E-state index in [0.717, 1.165) is 34.7 Å². The summed E-state index contributed by atoms with van der Waals surface area (Å²) in [6, 6.07) is 18.5. The lowest BCUT2D eigenvalue weighted by atomic mass is 10.1. The standard InChI is InChI=1S/C21H21N5/c1-4-16-9-11-17(12-10-16)23-19-13-15(3)22-21-24-20(25-26(19)21)18-8-6-5-7-14(18)2/h5-13,23H,4H2,1-3H3. The molecule has 4 rings (SSSR count). The topological polar surface area (TPSA) is 55.1 Å². The summed E-state index contributed by atoms with van der Waals surface area (Å²) in [7, 11) is 0. The molecule has 0 saturated heterocycles. The third-order valence-electron chi connectivity index (χ3n) is 4.46. The fourth-order valence-electron chi connectivity index (χ4n) is 2.99. The smallest absolute Gasteiger partial charge is 0.254 e. The zero-order chi connectivity index (χ0) is 18.1. The van der Waals surface area contributed by atoms with Crippen LogP contribution in [-0.4, -0.2) is 19.6 Å². The molecule has 2 aromatic carbocycles. The van der Waals surface area contributed by atoms with Crippen molar-refractivity contribution in [2.24, 2.45) is 0 Å². The number of aromatic nitrogens is 4. The van der Waals surface area contributed by atoms with E-state index in [2.05, 4.69) is 59.5 Å². The Kier molecular flexibility index (Phi) is 4.13. The number of aryl methyl sites for hydroxylation is 3. The van der Waals surface area contributed by atoms with Gasteiger partial charge >= 0.3 is 0 Å². The van der Waals surface area contributed by atoms with E-state index < -0.39 is 0 Å². The number of hydrogen-bond acceptors (Lipinski definition) is 4. The number of benzene rings is 2. The number of anilines is 2. The van der Waals surface area contributed by atoms with E-state index in [9.17, 15) is 0 Å². The fraction of sp³-hybridized carbons (Fsp3) is 0.190. The summed E-state index contributed by atoms with van der Waals surface area (Å²) in [5, 5.41) is 8.13. The lowest BCUT2D eigenvalue weighted by molar-refractivity contribution is 0.939. The van der Waals surface area contributed by atoms with E-state index in [-0.39, 0.29) is 0 Å². The molecule has 0 atom stereocenters. The van der Waals surface area contributed by atoms with Crippen LogP contribution in [0, 0.1) is 13.8 Å². The van der Waals surface area contributed by atoms with E-state index in [0.29, 0.717) is 11.6 Å². The van der Waals surface area contributed by atoms with Gasteiger partial charge < -0.3 is 5.32 Å². The van der Waals surface area contributed by atoms with Gasteiger partial charge in [0.1, 0.15) is 5.82 Å². The van der Waals surface area contributed by atoms with Crippen molar-refractivity contribution in [3.05, 3.63) is 71.4 Å². The van der Waals surface area contributed by atoms with Crippen molar-refractivity contribution in [2.45, 2.75) is 27.2 Å². The van der Waals surface area contributed by atoms with Gasteiger partial charge in [0, 0.05) is 23.0 Å². The van der Waals surface area contributed by atoms with Crippen molar-refractivity contribution in [1.29, 1.82) is 0 Å². The first-order valence-electron chi connectivity index (χ1n) is 8.80. The Hall–Kier alpha value is -3.21. The Balaban J connectivity index is 1.78. The lowest BCUT2D eigenvalue weighted by Gasteiger charge is -2.09. The van der Waals surface area contributed by atoms with Gasteiger partial charge in [-0.05, 0) is 43.5 Å². The third kappa shape index (κ3) is 3.04. The van der Waals surface area contributed by atoms with Crippen molar-refractivity contribution in [2.75, 3.05) is 5.32 Å². The Morgan fingerprint density at radius 3 is 2.46 bits per heavy atom. The normalized spacial score (nSPS) is 11.0. The van der Waals surface area contributed by atoms with Gasteiger partial charge in [-0.3, -0.25) is 0 Å². The van der Waals surface area contributed by atoms with Crippen molar-refractivity contribution >= 4 is 17.3 Å². The van der Waals surface area contributed by atoms with Gasteiger partial charge in [-0.1, -0.05) is 43.3 Å². The van der Waals surface area contributed by atoms with E-state index >= 15 is 0 Å². The van der Waals surface area contributed by atoms with Crippen LogP contribution in [0.1, 0.15) is 23.7 Å². The molecule has 4 aromatic rings. The van der Waals surface area contributed by atoms with E-state index in [1.807, 2.05) is 31.2 Å². The predicted octanol–water partition coefficient (Wildman–Crippen LogP) is 4.71. The molecule has 5 heteroatoms. The minimum atomic E-state index is 0.593. The Labute approximate surface area is 152 Å². The summed E-state index contributed by atoms with van der Waals surface area (Å²) in [6.45, 7) is 6.18. The molecule has 0 amide bonds. The largest absolute Gasteiger partial charge is 0.340 e. The highest BCUT2D eigenvalue weighted by molar-refractivity contribution is 5.64. The highest BCUT2D eigenvalue weighted by Crippen LogP contribution is 2.23. The molecule has 0 saturated carbocycles. The van der Waals surface area contributed by atoms with Gasteiger partial charge in [-0.25, -0.2) is 4.98 Å². The minimum absolute atomic E-state index is 0.593. The van der Waals surface area contributed by atoms with Crippen molar-refractivity contribution < 1.29 is 0 Å². The molecular formula is C21H21N5. The van der Waals surface area contributed by atoms with E-state index in [1.54, 1.807) is 4.52 Å². The number of rotatable bonds is 4. The molecule has 0 aliphatic rings. The van der Waals surface area contributed by atoms with Crippen LogP contribution >= 0.6 is 0 Å². The quantitative estimate of drug-likeness (QED) is 0.583. The van der Waals surface area contributed by atoms with Crippen LogP contribution in [0.5, 0.6) is 0 Å². The average Bonchev–Trinajstić information content (AvgIpc) is 3.06. The monoisotopic (exact) mass is 343 g/mol. The maximum Gasteiger partial charge on any atom is 0.254 e.